The highest BCUT2D eigenvalue weighted by molar-refractivity contribution is 5.44. The van der Waals surface area contributed by atoms with Crippen molar-refractivity contribution >= 4 is 5.82 Å². The van der Waals surface area contributed by atoms with Crippen LogP contribution in [0.1, 0.15) is 16.7 Å². The Kier molecular flexibility index (Phi) is 3.58. The van der Waals surface area contributed by atoms with Gasteiger partial charge in [-0.2, -0.15) is 0 Å². The van der Waals surface area contributed by atoms with Crippen molar-refractivity contribution in [2.24, 2.45) is 0 Å². The summed E-state index contributed by atoms with van der Waals surface area (Å²) in [6.45, 7) is 3.25. The summed E-state index contributed by atoms with van der Waals surface area (Å²) in [6.07, 6.45) is 2.03. The maximum absolute atomic E-state index is 11.6. The fourth-order valence-electron chi connectivity index (χ4n) is 3.40. The summed E-state index contributed by atoms with van der Waals surface area (Å²) < 4.78 is 2.11. The normalized spacial score (nSPS) is 19.3. The lowest BCUT2D eigenvalue weighted by Crippen LogP contribution is -2.45. The van der Waals surface area contributed by atoms with E-state index in [1.807, 2.05) is 48.7 Å². The number of rotatable bonds is 3. The molecule has 1 aromatic heterocycles. The predicted octanol–water partition coefficient (Wildman–Crippen LogP) is 3.15. The molecular formula is C21H21N2O+. The number of fused-ring (bicyclic) bond motifs is 1. The molecule has 24 heavy (non-hydrogen) atoms. The monoisotopic (exact) mass is 317 g/mol. The van der Waals surface area contributed by atoms with E-state index in [9.17, 15) is 5.11 Å². The third-order valence-electron chi connectivity index (χ3n) is 4.73. The molecule has 2 heterocycles. The van der Waals surface area contributed by atoms with Gasteiger partial charge in [0.1, 0.15) is 6.54 Å². The number of benzene rings is 2. The molecule has 1 aliphatic heterocycles. The first-order valence-corrected chi connectivity index (χ1v) is 8.26. The van der Waals surface area contributed by atoms with Gasteiger partial charge in [0.05, 0.1) is 6.20 Å². The second-order valence-electron chi connectivity index (χ2n) is 6.44. The molecule has 120 valence electrons. The van der Waals surface area contributed by atoms with Crippen molar-refractivity contribution in [2.45, 2.75) is 25.7 Å². The van der Waals surface area contributed by atoms with E-state index in [2.05, 4.69) is 46.7 Å². The zero-order valence-corrected chi connectivity index (χ0v) is 13.8. The van der Waals surface area contributed by atoms with Crippen molar-refractivity contribution in [3.63, 3.8) is 0 Å². The van der Waals surface area contributed by atoms with E-state index in [4.69, 9.17) is 0 Å². The second kappa shape index (κ2) is 5.77. The summed E-state index contributed by atoms with van der Waals surface area (Å²) in [5.41, 5.74) is 2.26. The number of aliphatic hydroxyl groups is 1. The Bertz CT molecular complexity index is 845. The van der Waals surface area contributed by atoms with Crippen LogP contribution in [0.4, 0.5) is 5.82 Å². The van der Waals surface area contributed by atoms with Crippen molar-refractivity contribution in [2.75, 3.05) is 4.90 Å². The summed E-state index contributed by atoms with van der Waals surface area (Å²) in [7, 11) is 0. The summed E-state index contributed by atoms with van der Waals surface area (Å²) >= 11 is 0. The third kappa shape index (κ3) is 2.47. The average molecular weight is 317 g/mol. The second-order valence-corrected chi connectivity index (χ2v) is 6.44. The van der Waals surface area contributed by atoms with Gasteiger partial charge in [-0.25, -0.2) is 9.47 Å². The Morgan fingerprint density at radius 2 is 1.67 bits per heavy atom. The molecule has 4 rings (SSSR count). The highest BCUT2D eigenvalue weighted by Crippen LogP contribution is 2.36. The molecule has 0 spiro atoms. The van der Waals surface area contributed by atoms with Crippen molar-refractivity contribution in [3.8, 4) is 0 Å². The highest BCUT2D eigenvalue weighted by atomic mass is 16.3. The maximum Gasteiger partial charge on any atom is 0.279 e. The number of aryl methyl sites for hydroxylation is 1. The zero-order chi connectivity index (χ0) is 16.6. The molecular weight excluding hydrogens is 296 g/mol. The van der Waals surface area contributed by atoms with Crippen molar-refractivity contribution in [3.05, 3.63) is 95.7 Å². The molecule has 0 radical (unpaired) electrons. The molecule has 3 aromatic rings. The van der Waals surface area contributed by atoms with Crippen LogP contribution >= 0.6 is 0 Å². The Labute approximate surface area is 142 Å². The van der Waals surface area contributed by atoms with Crippen LogP contribution in [0.25, 0.3) is 0 Å². The van der Waals surface area contributed by atoms with Gasteiger partial charge in [-0.05, 0) is 18.6 Å². The summed E-state index contributed by atoms with van der Waals surface area (Å²) in [5, 5.41) is 11.6. The number of anilines is 1. The first-order chi connectivity index (χ1) is 11.7. The van der Waals surface area contributed by atoms with Gasteiger partial charge >= 0.3 is 0 Å². The quantitative estimate of drug-likeness (QED) is 0.752. The van der Waals surface area contributed by atoms with Gasteiger partial charge in [0.25, 0.3) is 11.5 Å². The van der Waals surface area contributed by atoms with Gasteiger partial charge in [-0.1, -0.05) is 66.2 Å². The molecule has 0 saturated heterocycles. The molecule has 0 saturated carbocycles. The van der Waals surface area contributed by atoms with E-state index in [0.717, 1.165) is 11.4 Å². The van der Waals surface area contributed by atoms with E-state index < -0.39 is 5.72 Å². The maximum atomic E-state index is 11.6. The fourth-order valence-corrected chi connectivity index (χ4v) is 3.40. The number of aromatic nitrogens is 1. The van der Waals surface area contributed by atoms with E-state index in [1.54, 1.807) is 0 Å². The Morgan fingerprint density at radius 1 is 0.958 bits per heavy atom. The standard InChI is InChI=1S/C21H21N2O/c1-17-10-12-19(13-11-17)21(24)16-22-14-6-5-9-20(22)23(21)15-18-7-3-2-4-8-18/h2-14,24H,15-16H2,1H3/q+1. The molecule has 2 aromatic carbocycles. The fraction of sp³-hybridized carbons (Fsp3) is 0.190. The van der Waals surface area contributed by atoms with E-state index in [-0.39, 0.29) is 0 Å². The average Bonchev–Trinajstić information content (AvgIpc) is 2.90. The summed E-state index contributed by atoms with van der Waals surface area (Å²) in [6, 6.07) is 24.5. The van der Waals surface area contributed by atoms with Crippen LogP contribution in [-0.4, -0.2) is 5.11 Å². The molecule has 3 heteroatoms. The third-order valence-corrected chi connectivity index (χ3v) is 4.73. The first kappa shape index (κ1) is 14.9. The van der Waals surface area contributed by atoms with Crippen LogP contribution in [0.15, 0.2) is 79.0 Å². The molecule has 0 amide bonds. The van der Waals surface area contributed by atoms with E-state index in [0.29, 0.717) is 13.1 Å². The first-order valence-electron chi connectivity index (χ1n) is 8.26. The Morgan fingerprint density at radius 3 is 2.42 bits per heavy atom. The molecule has 0 bridgehead atoms. The van der Waals surface area contributed by atoms with Gasteiger partial charge < -0.3 is 5.11 Å². The van der Waals surface area contributed by atoms with Gasteiger partial charge in [0.2, 0.25) is 0 Å². The molecule has 0 aliphatic carbocycles. The minimum Gasteiger partial charge on any atom is -0.346 e. The molecule has 1 N–H and O–H groups in total. The Hall–Kier alpha value is -2.65. The van der Waals surface area contributed by atoms with Gasteiger partial charge in [-0.3, -0.25) is 0 Å². The van der Waals surface area contributed by atoms with Crippen molar-refractivity contribution < 1.29 is 9.67 Å². The van der Waals surface area contributed by atoms with Gasteiger partial charge in [0, 0.05) is 11.6 Å². The van der Waals surface area contributed by atoms with Gasteiger partial charge in [0.15, 0.2) is 6.54 Å². The van der Waals surface area contributed by atoms with Crippen LogP contribution in [-0.2, 0) is 18.8 Å². The molecule has 1 unspecified atom stereocenters. The molecule has 1 atom stereocenters. The molecule has 1 aliphatic rings. The molecule has 3 nitrogen and oxygen atoms in total. The summed E-state index contributed by atoms with van der Waals surface area (Å²) in [5.74, 6) is 1.03. The number of hydrogen-bond donors (Lipinski definition) is 1. The van der Waals surface area contributed by atoms with E-state index in [1.165, 1.54) is 11.1 Å². The summed E-state index contributed by atoms with van der Waals surface area (Å²) in [4.78, 5) is 2.09. The lowest BCUT2D eigenvalue weighted by molar-refractivity contribution is -0.683. The van der Waals surface area contributed by atoms with Crippen LogP contribution < -0.4 is 9.47 Å². The smallest absolute Gasteiger partial charge is 0.279 e. The topological polar surface area (TPSA) is 27.4 Å². The number of hydrogen-bond acceptors (Lipinski definition) is 2. The zero-order valence-electron chi connectivity index (χ0n) is 13.8. The largest absolute Gasteiger partial charge is 0.346 e. The van der Waals surface area contributed by atoms with Crippen LogP contribution in [0.3, 0.4) is 0 Å². The van der Waals surface area contributed by atoms with E-state index >= 15 is 0 Å². The van der Waals surface area contributed by atoms with Crippen molar-refractivity contribution in [1.29, 1.82) is 0 Å². The Balaban J connectivity index is 1.79. The lowest BCUT2D eigenvalue weighted by Gasteiger charge is -2.27. The number of nitrogens with zero attached hydrogens (tertiary/aromatic N) is 2. The van der Waals surface area contributed by atoms with Crippen molar-refractivity contribution in [1.82, 2.24) is 0 Å². The van der Waals surface area contributed by atoms with Crippen LogP contribution in [0.2, 0.25) is 0 Å². The van der Waals surface area contributed by atoms with Gasteiger partial charge in [-0.15, -0.1) is 0 Å². The van der Waals surface area contributed by atoms with Crippen LogP contribution in [0.5, 0.6) is 0 Å². The highest BCUT2D eigenvalue weighted by Gasteiger charge is 2.51. The number of pyridine rings is 1. The SMILES string of the molecule is Cc1ccc(C2(O)C[n+]3ccccc3N2Cc2ccccc2)cc1. The minimum atomic E-state index is -1.04. The molecule has 0 fully saturated rings. The van der Waals surface area contributed by atoms with Crippen LogP contribution in [0, 0.1) is 6.92 Å². The lowest BCUT2D eigenvalue weighted by atomic mass is 10.00. The minimum absolute atomic E-state index is 0.527. The predicted molar refractivity (Wildman–Crippen MR) is 94.3 cm³/mol.